The third-order valence-corrected chi connectivity index (χ3v) is 4.96. The maximum Gasteiger partial charge on any atom is 0.321 e. The number of aromatic nitrogens is 1. The Labute approximate surface area is 146 Å². The van der Waals surface area contributed by atoms with E-state index in [1.54, 1.807) is 6.20 Å². The molecule has 2 aromatic rings. The van der Waals surface area contributed by atoms with Crippen LogP contribution in [-0.4, -0.2) is 54.7 Å². The molecule has 1 aromatic heterocycles. The Balaban J connectivity index is 1.40. The molecule has 128 valence electrons. The van der Waals surface area contributed by atoms with Crippen molar-refractivity contribution in [3.63, 3.8) is 0 Å². The molecule has 1 unspecified atom stereocenters. The van der Waals surface area contributed by atoms with Gasteiger partial charge in [0.1, 0.15) is 0 Å². The lowest BCUT2D eigenvalue weighted by atomic mass is 10.2. The average molecular weight is 345 g/mol. The van der Waals surface area contributed by atoms with E-state index in [1.165, 1.54) is 17.0 Å². The standard InChI is InChI=1S/C17H23N5OS/c1-14(13-19-16(23)20-17-18-7-12-24-17)21-8-10-22(11-9-21)15-5-3-2-4-6-15/h2-7,12,14H,8-11,13H2,1H3,(H2,18,19,20,23). The first-order valence-electron chi connectivity index (χ1n) is 8.21. The summed E-state index contributed by atoms with van der Waals surface area (Å²) < 4.78 is 0. The summed E-state index contributed by atoms with van der Waals surface area (Å²) in [5, 5.41) is 8.12. The fraction of sp³-hybridized carbons (Fsp3) is 0.412. The summed E-state index contributed by atoms with van der Waals surface area (Å²) in [6.07, 6.45) is 1.68. The highest BCUT2D eigenvalue weighted by Crippen LogP contribution is 2.16. The van der Waals surface area contributed by atoms with Crippen LogP contribution in [-0.2, 0) is 0 Å². The zero-order chi connectivity index (χ0) is 16.8. The minimum absolute atomic E-state index is 0.195. The summed E-state index contributed by atoms with van der Waals surface area (Å²) in [5.41, 5.74) is 1.28. The van der Waals surface area contributed by atoms with Gasteiger partial charge in [-0.25, -0.2) is 9.78 Å². The lowest BCUT2D eigenvalue weighted by molar-refractivity contribution is 0.192. The predicted molar refractivity (Wildman–Crippen MR) is 98.8 cm³/mol. The Morgan fingerprint density at radius 3 is 2.67 bits per heavy atom. The Hall–Kier alpha value is -2.12. The molecule has 1 fully saturated rings. The first-order valence-corrected chi connectivity index (χ1v) is 9.09. The largest absolute Gasteiger partial charge is 0.369 e. The summed E-state index contributed by atoms with van der Waals surface area (Å²) in [4.78, 5) is 20.7. The Morgan fingerprint density at radius 1 is 1.25 bits per heavy atom. The van der Waals surface area contributed by atoms with Crippen LogP contribution in [0.25, 0.3) is 0 Å². The van der Waals surface area contributed by atoms with E-state index in [0.29, 0.717) is 17.7 Å². The Kier molecular flexibility index (Phi) is 5.66. The molecule has 1 aliphatic rings. The predicted octanol–water partition coefficient (Wildman–Crippen LogP) is 2.48. The Morgan fingerprint density at radius 2 is 2.00 bits per heavy atom. The molecule has 3 rings (SSSR count). The molecule has 2 N–H and O–H groups in total. The van der Waals surface area contributed by atoms with Crippen LogP contribution in [0.15, 0.2) is 41.9 Å². The highest BCUT2D eigenvalue weighted by atomic mass is 32.1. The Bertz CT molecular complexity index is 626. The number of hydrogen-bond donors (Lipinski definition) is 2. The maximum absolute atomic E-state index is 11.9. The van der Waals surface area contributed by atoms with Crippen LogP contribution in [0.1, 0.15) is 6.92 Å². The topological polar surface area (TPSA) is 60.5 Å². The van der Waals surface area contributed by atoms with Crippen LogP contribution in [0.4, 0.5) is 15.6 Å². The van der Waals surface area contributed by atoms with E-state index in [4.69, 9.17) is 0 Å². The summed E-state index contributed by atoms with van der Waals surface area (Å²) in [6, 6.07) is 10.6. The number of para-hydroxylation sites is 1. The number of rotatable bonds is 5. The number of nitrogens with zero attached hydrogens (tertiary/aromatic N) is 3. The van der Waals surface area contributed by atoms with Gasteiger partial charge in [0.2, 0.25) is 0 Å². The SMILES string of the molecule is CC(CNC(=O)Nc1nccs1)N1CCN(c2ccccc2)CC1. The second-order valence-electron chi connectivity index (χ2n) is 5.88. The zero-order valence-electron chi connectivity index (χ0n) is 13.8. The number of thiazole rings is 1. The molecule has 1 atom stereocenters. The van der Waals surface area contributed by atoms with Crippen molar-refractivity contribution >= 4 is 28.2 Å². The first kappa shape index (κ1) is 16.7. The number of carbonyl (C=O) groups is 1. The van der Waals surface area contributed by atoms with Crippen molar-refractivity contribution in [2.75, 3.05) is 42.9 Å². The molecule has 2 amide bonds. The molecule has 1 aromatic carbocycles. The number of amides is 2. The second kappa shape index (κ2) is 8.12. The van der Waals surface area contributed by atoms with Crippen molar-refractivity contribution in [1.29, 1.82) is 0 Å². The van der Waals surface area contributed by atoms with Gasteiger partial charge in [-0.3, -0.25) is 10.2 Å². The van der Waals surface area contributed by atoms with Crippen LogP contribution in [0.5, 0.6) is 0 Å². The number of nitrogens with one attached hydrogen (secondary N) is 2. The number of anilines is 2. The quantitative estimate of drug-likeness (QED) is 0.874. The summed E-state index contributed by atoms with van der Waals surface area (Å²) in [7, 11) is 0. The van der Waals surface area contributed by atoms with E-state index >= 15 is 0 Å². The number of urea groups is 1. The summed E-state index contributed by atoms with van der Waals surface area (Å²) in [6.45, 7) is 6.82. The fourth-order valence-electron chi connectivity index (χ4n) is 2.86. The molecular formula is C17H23N5OS. The van der Waals surface area contributed by atoms with Crippen molar-refractivity contribution in [2.24, 2.45) is 0 Å². The van der Waals surface area contributed by atoms with Gasteiger partial charge in [-0.05, 0) is 19.1 Å². The monoisotopic (exact) mass is 345 g/mol. The van der Waals surface area contributed by atoms with Crippen LogP contribution in [0.2, 0.25) is 0 Å². The highest BCUT2D eigenvalue weighted by Gasteiger charge is 2.21. The van der Waals surface area contributed by atoms with Gasteiger partial charge in [0.05, 0.1) is 0 Å². The first-order chi connectivity index (χ1) is 11.7. The van der Waals surface area contributed by atoms with Crippen molar-refractivity contribution in [3.8, 4) is 0 Å². The maximum atomic E-state index is 11.9. The normalized spacial score (nSPS) is 16.6. The van der Waals surface area contributed by atoms with Gasteiger partial charge < -0.3 is 10.2 Å². The van der Waals surface area contributed by atoms with Crippen molar-refractivity contribution < 1.29 is 4.79 Å². The molecule has 7 heteroatoms. The van der Waals surface area contributed by atoms with E-state index in [0.717, 1.165) is 26.2 Å². The molecule has 0 aliphatic carbocycles. The van der Waals surface area contributed by atoms with Crippen molar-refractivity contribution in [3.05, 3.63) is 41.9 Å². The summed E-state index contributed by atoms with van der Waals surface area (Å²) in [5.74, 6) is 0. The number of piperazine rings is 1. The zero-order valence-corrected chi connectivity index (χ0v) is 14.6. The molecule has 2 heterocycles. The van der Waals surface area contributed by atoms with Crippen LogP contribution >= 0.6 is 11.3 Å². The molecule has 1 saturated heterocycles. The van der Waals surface area contributed by atoms with E-state index in [9.17, 15) is 4.79 Å². The van der Waals surface area contributed by atoms with Crippen LogP contribution < -0.4 is 15.5 Å². The molecule has 0 spiro atoms. The molecule has 0 radical (unpaired) electrons. The fourth-order valence-corrected chi connectivity index (χ4v) is 3.38. The van der Waals surface area contributed by atoms with Gasteiger partial charge in [0.25, 0.3) is 0 Å². The molecule has 0 bridgehead atoms. The van der Waals surface area contributed by atoms with Gasteiger partial charge in [0.15, 0.2) is 5.13 Å². The van der Waals surface area contributed by atoms with Gasteiger partial charge >= 0.3 is 6.03 Å². The number of carbonyl (C=O) groups excluding carboxylic acids is 1. The summed E-state index contributed by atoms with van der Waals surface area (Å²) >= 11 is 1.41. The van der Waals surface area contributed by atoms with Crippen LogP contribution in [0, 0.1) is 0 Å². The van der Waals surface area contributed by atoms with E-state index in [-0.39, 0.29) is 6.03 Å². The van der Waals surface area contributed by atoms with Gasteiger partial charge in [-0.1, -0.05) is 18.2 Å². The average Bonchev–Trinajstić information content (AvgIpc) is 3.13. The lowest BCUT2D eigenvalue weighted by Crippen LogP contribution is -2.52. The van der Waals surface area contributed by atoms with Crippen molar-refractivity contribution in [1.82, 2.24) is 15.2 Å². The minimum Gasteiger partial charge on any atom is -0.369 e. The third-order valence-electron chi connectivity index (χ3n) is 4.27. The van der Waals surface area contributed by atoms with Gasteiger partial charge in [-0.2, -0.15) is 0 Å². The highest BCUT2D eigenvalue weighted by molar-refractivity contribution is 7.13. The van der Waals surface area contributed by atoms with E-state index < -0.39 is 0 Å². The van der Waals surface area contributed by atoms with Gasteiger partial charge in [0, 0.05) is 56.0 Å². The van der Waals surface area contributed by atoms with E-state index in [2.05, 4.69) is 56.6 Å². The number of hydrogen-bond acceptors (Lipinski definition) is 5. The number of benzene rings is 1. The smallest absolute Gasteiger partial charge is 0.321 e. The molecular weight excluding hydrogens is 322 g/mol. The molecule has 0 saturated carbocycles. The molecule has 24 heavy (non-hydrogen) atoms. The molecule has 6 nitrogen and oxygen atoms in total. The van der Waals surface area contributed by atoms with Crippen molar-refractivity contribution in [2.45, 2.75) is 13.0 Å². The molecule has 1 aliphatic heterocycles. The second-order valence-corrected chi connectivity index (χ2v) is 6.77. The van der Waals surface area contributed by atoms with Gasteiger partial charge in [-0.15, -0.1) is 11.3 Å². The lowest BCUT2D eigenvalue weighted by Gasteiger charge is -2.39. The third kappa shape index (κ3) is 4.46. The minimum atomic E-state index is -0.195. The van der Waals surface area contributed by atoms with E-state index in [1.807, 2.05) is 11.4 Å². The van der Waals surface area contributed by atoms with Crippen LogP contribution in [0.3, 0.4) is 0 Å².